The van der Waals surface area contributed by atoms with E-state index in [4.69, 9.17) is 5.26 Å². The Morgan fingerprint density at radius 3 is 2.69 bits per heavy atom. The van der Waals surface area contributed by atoms with Crippen molar-refractivity contribution in [3.63, 3.8) is 0 Å². The van der Waals surface area contributed by atoms with Gasteiger partial charge in [0.15, 0.2) is 0 Å². The molecule has 16 heavy (non-hydrogen) atoms. The summed E-state index contributed by atoms with van der Waals surface area (Å²) in [6.07, 6.45) is 2.56. The van der Waals surface area contributed by atoms with Gasteiger partial charge >= 0.3 is 0 Å². The number of hydrogen-bond acceptors (Lipinski definition) is 3. The molecule has 1 unspecified atom stereocenters. The molecule has 4 heteroatoms. The molecule has 0 saturated carbocycles. The van der Waals surface area contributed by atoms with Crippen molar-refractivity contribution in [2.75, 3.05) is 7.05 Å². The van der Waals surface area contributed by atoms with Gasteiger partial charge in [-0.2, -0.15) is 10.4 Å². The highest BCUT2D eigenvalue weighted by molar-refractivity contribution is 4.99. The predicted molar refractivity (Wildman–Crippen MR) is 63.8 cm³/mol. The third kappa shape index (κ3) is 3.35. The number of hydrogen-bond donors (Lipinski definition) is 0. The van der Waals surface area contributed by atoms with Gasteiger partial charge in [0.1, 0.15) is 0 Å². The van der Waals surface area contributed by atoms with Crippen LogP contribution < -0.4 is 0 Å². The van der Waals surface area contributed by atoms with E-state index in [1.807, 2.05) is 24.0 Å². The summed E-state index contributed by atoms with van der Waals surface area (Å²) in [5.41, 5.74) is 1.06. The fraction of sp³-hybridized carbons (Fsp3) is 0.667. The molecule has 0 fully saturated rings. The highest BCUT2D eigenvalue weighted by Crippen LogP contribution is 2.08. The van der Waals surface area contributed by atoms with E-state index in [9.17, 15) is 0 Å². The van der Waals surface area contributed by atoms with Gasteiger partial charge in [-0.1, -0.05) is 0 Å². The Hall–Kier alpha value is -1.34. The molecular formula is C12H20N4. The van der Waals surface area contributed by atoms with Crippen LogP contribution in [0.3, 0.4) is 0 Å². The number of nitrogens with zero attached hydrogens (tertiary/aromatic N) is 4. The minimum absolute atomic E-state index is 0.272. The second kappa shape index (κ2) is 5.66. The zero-order chi connectivity index (χ0) is 12.1. The van der Waals surface area contributed by atoms with Crippen LogP contribution in [0.5, 0.6) is 0 Å². The molecule has 0 aliphatic heterocycles. The number of nitriles is 1. The van der Waals surface area contributed by atoms with Crippen molar-refractivity contribution < 1.29 is 0 Å². The summed E-state index contributed by atoms with van der Waals surface area (Å²) in [6, 6.07) is 4.90. The van der Waals surface area contributed by atoms with Crippen molar-refractivity contribution in [1.29, 1.82) is 5.26 Å². The van der Waals surface area contributed by atoms with Crippen molar-refractivity contribution in [3.05, 3.63) is 18.0 Å². The Morgan fingerprint density at radius 1 is 1.50 bits per heavy atom. The highest BCUT2D eigenvalue weighted by Gasteiger charge is 2.11. The Kier molecular flexibility index (Phi) is 4.51. The minimum atomic E-state index is 0.272. The van der Waals surface area contributed by atoms with Crippen LogP contribution >= 0.6 is 0 Å². The summed E-state index contributed by atoms with van der Waals surface area (Å²) in [5.74, 6) is 0. The van der Waals surface area contributed by atoms with Crippen molar-refractivity contribution in [2.45, 2.75) is 45.8 Å². The zero-order valence-electron chi connectivity index (χ0n) is 10.5. The molecule has 0 saturated heterocycles. The standard InChI is InChI=1S/C12H20N4/c1-10(2)16-8-6-12(14-16)9-15(4)11(3)5-7-13/h6,8,10-11H,5,9H2,1-4H3. The van der Waals surface area contributed by atoms with Crippen molar-refractivity contribution in [3.8, 4) is 6.07 Å². The first-order valence-corrected chi connectivity index (χ1v) is 5.65. The SMILES string of the molecule is CC(CC#N)N(C)Cc1ccn(C(C)C)n1. The zero-order valence-corrected chi connectivity index (χ0v) is 10.5. The summed E-state index contributed by atoms with van der Waals surface area (Å²) in [7, 11) is 2.02. The Balaban J connectivity index is 2.56. The van der Waals surface area contributed by atoms with Gasteiger partial charge < -0.3 is 0 Å². The lowest BCUT2D eigenvalue weighted by Gasteiger charge is -2.21. The van der Waals surface area contributed by atoms with Crippen LogP contribution in [0, 0.1) is 11.3 Å². The normalized spacial score (nSPS) is 13.1. The summed E-state index contributed by atoms with van der Waals surface area (Å²) in [5, 5.41) is 13.1. The van der Waals surface area contributed by atoms with E-state index < -0.39 is 0 Å². The summed E-state index contributed by atoms with van der Waals surface area (Å²) >= 11 is 0. The predicted octanol–water partition coefficient (Wildman–Crippen LogP) is 2.20. The summed E-state index contributed by atoms with van der Waals surface area (Å²) in [4.78, 5) is 2.15. The third-order valence-corrected chi connectivity index (χ3v) is 2.74. The van der Waals surface area contributed by atoms with Crippen molar-refractivity contribution in [2.24, 2.45) is 0 Å². The fourth-order valence-electron chi connectivity index (χ4n) is 1.45. The Labute approximate surface area is 97.5 Å². The topological polar surface area (TPSA) is 44.9 Å². The van der Waals surface area contributed by atoms with Gasteiger partial charge in [-0.3, -0.25) is 9.58 Å². The number of rotatable bonds is 5. The maximum atomic E-state index is 8.63. The van der Waals surface area contributed by atoms with Crippen LogP contribution in [-0.2, 0) is 6.54 Å². The van der Waals surface area contributed by atoms with Crippen LogP contribution in [0.2, 0.25) is 0 Å². The summed E-state index contributed by atoms with van der Waals surface area (Å²) < 4.78 is 1.96. The lowest BCUT2D eigenvalue weighted by Crippen LogP contribution is -2.28. The minimum Gasteiger partial charge on any atom is -0.297 e. The lowest BCUT2D eigenvalue weighted by atomic mass is 10.2. The van der Waals surface area contributed by atoms with Gasteiger partial charge in [0, 0.05) is 24.8 Å². The van der Waals surface area contributed by atoms with Crippen LogP contribution in [0.15, 0.2) is 12.3 Å². The molecule has 1 heterocycles. The quantitative estimate of drug-likeness (QED) is 0.764. The van der Waals surface area contributed by atoms with E-state index in [0.717, 1.165) is 12.2 Å². The lowest BCUT2D eigenvalue weighted by molar-refractivity contribution is 0.248. The Bertz CT molecular complexity index is 361. The molecule has 4 nitrogen and oxygen atoms in total. The van der Waals surface area contributed by atoms with Crippen molar-refractivity contribution >= 4 is 0 Å². The second-order valence-electron chi connectivity index (χ2n) is 4.51. The average Bonchev–Trinajstić information content (AvgIpc) is 2.66. The first kappa shape index (κ1) is 12.7. The highest BCUT2D eigenvalue weighted by atomic mass is 15.3. The molecule has 0 spiro atoms. The van der Waals surface area contributed by atoms with Crippen LogP contribution in [-0.4, -0.2) is 27.8 Å². The van der Waals surface area contributed by atoms with Gasteiger partial charge in [-0.15, -0.1) is 0 Å². The maximum Gasteiger partial charge on any atom is 0.0764 e. The molecule has 0 bridgehead atoms. The Morgan fingerprint density at radius 2 is 2.19 bits per heavy atom. The largest absolute Gasteiger partial charge is 0.297 e. The van der Waals surface area contributed by atoms with Crippen LogP contribution in [0.1, 0.15) is 38.9 Å². The first-order valence-electron chi connectivity index (χ1n) is 5.65. The molecule has 1 rings (SSSR count). The molecule has 1 atom stereocenters. The summed E-state index contributed by atoms with van der Waals surface area (Å²) in [6.45, 7) is 7.07. The van der Waals surface area contributed by atoms with Crippen LogP contribution in [0.25, 0.3) is 0 Å². The van der Waals surface area contributed by atoms with Gasteiger partial charge in [0.05, 0.1) is 18.2 Å². The molecule has 0 amide bonds. The third-order valence-electron chi connectivity index (χ3n) is 2.74. The number of aromatic nitrogens is 2. The molecular weight excluding hydrogens is 200 g/mol. The molecule has 1 aromatic rings. The molecule has 0 aromatic carbocycles. The van der Waals surface area contributed by atoms with E-state index >= 15 is 0 Å². The molecule has 0 N–H and O–H groups in total. The van der Waals surface area contributed by atoms with Gasteiger partial charge in [-0.25, -0.2) is 0 Å². The average molecular weight is 220 g/mol. The van der Waals surface area contributed by atoms with E-state index in [1.165, 1.54) is 0 Å². The molecule has 0 aliphatic carbocycles. The van der Waals surface area contributed by atoms with Gasteiger partial charge in [-0.05, 0) is 33.9 Å². The van der Waals surface area contributed by atoms with Gasteiger partial charge in [0.2, 0.25) is 0 Å². The molecule has 1 aromatic heterocycles. The maximum absolute atomic E-state index is 8.63. The molecule has 0 aliphatic rings. The van der Waals surface area contributed by atoms with Crippen LogP contribution in [0.4, 0.5) is 0 Å². The van der Waals surface area contributed by atoms with E-state index in [2.05, 4.69) is 36.8 Å². The fourth-order valence-corrected chi connectivity index (χ4v) is 1.45. The molecule has 0 radical (unpaired) electrons. The monoisotopic (exact) mass is 220 g/mol. The second-order valence-corrected chi connectivity index (χ2v) is 4.51. The van der Waals surface area contributed by atoms with E-state index in [0.29, 0.717) is 12.5 Å². The van der Waals surface area contributed by atoms with E-state index in [-0.39, 0.29) is 6.04 Å². The first-order chi connectivity index (χ1) is 7.54. The molecule has 88 valence electrons. The smallest absolute Gasteiger partial charge is 0.0764 e. The van der Waals surface area contributed by atoms with Crippen molar-refractivity contribution in [1.82, 2.24) is 14.7 Å². The van der Waals surface area contributed by atoms with Gasteiger partial charge in [0.25, 0.3) is 0 Å². The van der Waals surface area contributed by atoms with E-state index in [1.54, 1.807) is 0 Å².